The molecule has 0 bridgehead atoms. The molecule has 1 amide bonds. The lowest BCUT2D eigenvalue weighted by atomic mass is 10.00. The highest BCUT2D eigenvalue weighted by molar-refractivity contribution is 6.01. The summed E-state index contributed by atoms with van der Waals surface area (Å²) in [6.45, 7) is 1.36. The Kier molecular flexibility index (Phi) is 3.09. The minimum atomic E-state index is -1.76. The van der Waals surface area contributed by atoms with Crippen molar-refractivity contribution in [3.8, 4) is 0 Å². The number of fused-ring (bicyclic) bond motifs is 1. The summed E-state index contributed by atoms with van der Waals surface area (Å²) < 4.78 is 16.1. The zero-order chi connectivity index (χ0) is 15.2. The lowest BCUT2D eigenvalue weighted by Crippen LogP contribution is -2.43. The molecular formula is C14H17FN4O2. The highest BCUT2D eigenvalue weighted by atomic mass is 19.1. The molecule has 0 unspecified atom stereocenters. The molecule has 0 saturated heterocycles. The van der Waals surface area contributed by atoms with Crippen LogP contribution < -0.4 is 11.1 Å². The predicted octanol–water partition coefficient (Wildman–Crippen LogP) is 1.10. The van der Waals surface area contributed by atoms with Gasteiger partial charge in [0.1, 0.15) is 0 Å². The molecule has 4 N–H and O–H groups in total. The zero-order valence-corrected chi connectivity index (χ0v) is 11.6. The van der Waals surface area contributed by atoms with E-state index in [1.807, 2.05) is 0 Å². The van der Waals surface area contributed by atoms with Crippen LogP contribution in [0, 0.1) is 0 Å². The first-order valence-electron chi connectivity index (χ1n) is 6.81. The van der Waals surface area contributed by atoms with Crippen LogP contribution in [0.2, 0.25) is 0 Å². The van der Waals surface area contributed by atoms with Crippen molar-refractivity contribution in [3.05, 3.63) is 30.1 Å². The van der Waals surface area contributed by atoms with Crippen molar-refractivity contribution in [2.24, 2.45) is 5.73 Å². The zero-order valence-electron chi connectivity index (χ0n) is 11.6. The number of nitrogens with zero attached hydrogens (tertiary/aromatic N) is 2. The lowest BCUT2D eigenvalue weighted by Gasteiger charge is -2.28. The van der Waals surface area contributed by atoms with Crippen LogP contribution in [0.15, 0.2) is 24.5 Å². The Morgan fingerprint density at radius 1 is 1.62 bits per heavy atom. The number of nitrogens with one attached hydrogen (secondary N) is 1. The van der Waals surface area contributed by atoms with Gasteiger partial charge in [-0.3, -0.25) is 4.79 Å². The van der Waals surface area contributed by atoms with E-state index in [4.69, 9.17) is 5.73 Å². The van der Waals surface area contributed by atoms with Crippen LogP contribution in [0.3, 0.4) is 0 Å². The maximum atomic E-state index is 14.6. The Labute approximate surface area is 120 Å². The van der Waals surface area contributed by atoms with E-state index >= 15 is 0 Å². The fraction of sp³-hybridized carbons (Fsp3) is 0.429. The monoisotopic (exact) mass is 292 g/mol. The molecule has 21 heavy (non-hydrogen) atoms. The minimum absolute atomic E-state index is 0.207. The van der Waals surface area contributed by atoms with E-state index in [-0.39, 0.29) is 5.56 Å². The SMILES string of the molecule is C[C@]1(F)[C@@H](O)CC[C@H]1Nc1c(C(N)=O)cnn2cccc12. The van der Waals surface area contributed by atoms with Crippen molar-refractivity contribution in [3.63, 3.8) is 0 Å². The average Bonchev–Trinajstić information content (AvgIpc) is 2.98. The Balaban J connectivity index is 2.05. The van der Waals surface area contributed by atoms with Crippen LogP contribution in [-0.2, 0) is 0 Å². The van der Waals surface area contributed by atoms with Crippen LogP contribution in [0.25, 0.3) is 5.52 Å². The van der Waals surface area contributed by atoms with Crippen molar-refractivity contribution < 1.29 is 14.3 Å². The summed E-state index contributed by atoms with van der Waals surface area (Å²) in [5, 5.41) is 16.9. The molecule has 6 nitrogen and oxygen atoms in total. The summed E-state index contributed by atoms with van der Waals surface area (Å²) >= 11 is 0. The fourth-order valence-corrected chi connectivity index (χ4v) is 2.84. The van der Waals surface area contributed by atoms with Gasteiger partial charge in [-0.25, -0.2) is 8.91 Å². The number of aliphatic hydroxyl groups is 1. The number of aliphatic hydroxyl groups excluding tert-OH is 1. The number of primary amides is 1. The number of carbonyl (C=O) groups is 1. The molecule has 0 aromatic carbocycles. The van der Waals surface area contributed by atoms with E-state index in [0.717, 1.165) is 0 Å². The van der Waals surface area contributed by atoms with Gasteiger partial charge in [-0.05, 0) is 31.9 Å². The first-order chi connectivity index (χ1) is 9.91. The van der Waals surface area contributed by atoms with Crippen LogP contribution in [0.5, 0.6) is 0 Å². The second kappa shape index (κ2) is 4.70. The third kappa shape index (κ3) is 2.13. The van der Waals surface area contributed by atoms with Gasteiger partial charge in [0, 0.05) is 6.20 Å². The summed E-state index contributed by atoms with van der Waals surface area (Å²) in [5.41, 5.74) is 4.91. The van der Waals surface area contributed by atoms with E-state index in [1.54, 1.807) is 22.8 Å². The first-order valence-corrected chi connectivity index (χ1v) is 6.81. The number of rotatable bonds is 3. The van der Waals surface area contributed by atoms with E-state index in [9.17, 15) is 14.3 Å². The summed E-state index contributed by atoms with van der Waals surface area (Å²) in [7, 11) is 0. The van der Waals surface area contributed by atoms with Crippen molar-refractivity contribution in [1.29, 1.82) is 0 Å². The maximum absolute atomic E-state index is 14.6. The summed E-state index contributed by atoms with van der Waals surface area (Å²) in [6, 6.07) is 2.95. The van der Waals surface area contributed by atoms with Crippen LogP contribution in [-0.4, -0.2) is 38.4 Å². The van der Waals surface area contributed by atoms with Crippen molar-refractivity contribution in [1.82, 2.24) is 9.61 Å². The van der Waals surface area contributed by atoms with Crippen molar-refractivity contribution >= 4 is 17.1 Å². The van der Waals surface area contributed by atoms with Gasteiger partial charge in [-0.1, -0.05) is 0 Å². The van der Waals surface area contributed by atoms with E-state index in [0.29, 0.717) is 24.0 Å². The number of hydrogen-bond donors (Lipinski definition) is 3. The average molecular weight is 292 g/mol. The number of hydrogen-bond acceptors (Lipinski definition) is 4. The third-order valence-corrected chi connectivity index (χ3v) is 4.21. The van der Waals surface area contributed by atoms with Crippen molar-refractivity contribution in [2.75, 3.05) is 5.32 Å². The lowest BCUT2D eigenvalue weighted by molar-refractivity contribution is 0.0253. The molecule has 2 heterocycles. The largest absolute Gasteiger partial charge is 0.390 e. The molecule has 3 rings (SSSR count). The Morgan fingerprint density at radius 2 is 2.38 bits per heavy atom. The van der Waals surface area contributed by atoms with Gasteiger partial charge in [-0.2, -0.15) is 5.10 Å². The second-order valence-corrected chi connectivity index (χ2v) is 5.58. The summed E-state index contributed by atoms with van der Waals surface area (Å²) in [5.74, 6) is -0.632. The number of halogens is 1. The topological polar surface area (TPSA) is 92.6 Å². The molecule has 3 atom stereocenters. The summed E-state index contributed by atoms with van der Waals surface area (Å²) in [6.07, 6.45) is 2.92. The highest BCUT2D eigenvalue weighted by Gasteiger charge is 2.47. The molecule has 2 aromatic rings. The van der Waals surface area contributed by atoms with E-state index in [2.05, 4.69) is 10.4 Å². The molecular weight excluding hydrogens is 275 g/mol. The molecule has 7 heteroatoms. The third-order valence-electron chi connectivity index (χ3n) is 4.21. The molecule has 1 saturated carbocycles. The van der Waals surface area contributed by atoms with Gasteiger partial charge >= 0.3 is 0 Å². The Morgan fingerprint density at radius 3 is 3.00 bits per heavy atom. The number of anilines is 1. The number of carbonyl (C=O) groups excluding carboxylic acids is 1. The summed E-state index contributed by atoms with van der Waals surface area (Å²) in [4.78, 5) is 11.6. The standard InChI is InChI=1S/C14H17FN4O2/c1-14(15)10(4-5-11(14)20)18-12-8(13(16)21)7-17-19-6-2-3-9(12)19/h2-3,6-7,10-11,18,20H,4-5H2,1H3,(H2,16,21)/t10-,11+,14-/m1/s1. The predicted molar refractivity (Wildman–Crippen MR) is 75.9 cm³/mol. The van der Waals surface area contributed by atoms with Crippen LogP contribution in [0.1, 0.15) is 30.1 Å². The molecule has 1 aliphatic rings. The Hall–Kier alpha value is -2.15. The van der Waals surface area contributed by atoms with Crippen LogP contribution >= 0.6 is 0 Å². The van der Waals surface area contributed by atoms with Gasteiger partial charge < -0.3 is 16.2 Å². The quantitative estimate of drug-likeness (QED) is 0.789. The fourth-order valence-electron chi connectivity index (χ4n) is 2.84. The van der Waals surface area contributed by atoms with Crippen LogP contribution in [0.4, 0.5) is 10.1 Å². The minimum Gasteiger partial charge on any atom is -0.390 e. The molecule has 1 fully saturated rings. The molecule has 0 radical (unpaired) electrons. The number of alkyl halides is 1. The number of amides is 1. The molecule has 112 valence electrons. The highest BCUT2D eigenvalue weighted by Crippen LogP contribution is 2.37. The number of nitrogens with two attached hydrogens (primary N) is 1. The van der Waals surface area contributed by atoms with Gasteiger partial charge in [0.25, 0.3) is 5.91 Å². The van der Waals surface area contributed by atoms with Gasteiger partial charge in [0.2, 0.25) is 0 Å². The van der Waals surface area contributed by atoms with Gasteiger partial charge in [-0.15, -0.1) is 0 Å². The Bertz CT molecular complexity index is 697. The van der Waals surface area contributed by atoms with E-state index < -0.39 is 23.7 Å². The first kappa shape index (κ1) is 13.8. The van der Waals surface area contributed by atoms with Gasteiger partial charge in [0.05, 0.1) is 35.1 Å². The molecule has 1 aliphatic carbocycles. The maximum Gasteiger partial charge on any atom is 0.252 e. The smallest absolute Gasteiger partial charge is 0.252 e. The molecule has 2 aromatic heterocycles. The molecule has 0 aliphatic heterocycles. The normalized spacial score (nSPS) is 28.9. The molecule has 0 spiro atoms. The second-order valence-electron chi connectivity index (χ2n) is 5.58. The van der Waals surface area contributed by atoms with Crippen molar-refractivity contribution in [2.45, 2.75) is 37.6 Å². The van der Waals surface area contributed by atoms with Gasteiger partial charge in [0.15, 0.2) is 5.67 Å². The number of aromatic nitrogens is 2. The van der Waals surface area contributed by atoms with E-state index in [1.165, 1.54) is 13.1 Å².